The van der Waals surface area contributed by atoms with Gasteiger partial charge in [-0.1, -0.05) is 91.0 Å². The van der Waals surface area contributed by atoms with E-state index >= 15 is 0 Å². The highest BCUT2D eigenvalue weighted by Gasteiger charge is 2.45. The third-order valence-corrected chi connectivity index (χ3v) is 7.21. The Kier molecular flexibility index (Phi) is 5.26. The fourth-order valence-electron chi connectivity index (χ4n) is 4.84. The molecule has 1 unspecified atom stereocenters. The number of methoxy groups -OCH3 is 1. The summed E-state index contributed by atoms with van der Waals surface area (Å²) in [5.74, 6) is 0. The highest BCUT2D eigenvalue weighted by atomic mass is 32.1. The van der Waals surface area contributed by atoms with Crippen molar-refractivity contribution in [1.82, 2.24) is 4.90 Å². The predicted molar refractivity (Wildman–Crippen MR) is 124 cm³/mol. The second-order valence-corrected chi connectivity index (χ2v) is 8.67. The van der Waals surface area contributed by atoms with Crippen molar-refractivity contribution in [2.75, 3.05) is 13.7 Å². The summed E-state index contributed by atoms with van der Waals surface area (Å²) in [6, 6.07) is 34.9. The van der Waals surface area contributed by atoms with Crippen molar-refractivity contribution in [3.63, 3.8) is 0 Å². The molecule has 3 aromatic carbocycles. The largest absolute Gasteiger partial charge is 0.375 e. The molecule has 4 aromatic rings. The van der Waals surface area contributed by atoms with E-state index in [1.807, 2.05) is 7.11 Å². The fourth-order valence-corrected chi connectivity index (χ4v) is 5.82. The van der Waals surface area contributed by atoms with Gasteiger partial charge < -0.3 is 4.74 Å². The van der Waals surface area contributed by atoms with Crippen molar-refractivity contribution in [2.45, 2.75) is 18.2 Å². The van der Waals surface area contributed by atoms with Gasteiger partial charge in [-0.05, 0) is 33.7 Å². The number of benzene rings is 3. The molecule has 2 heterocycles. The number of thiophene rings is 1. The van der Waals surface area contributed by atoms with E-state index in [2.05, 4.69) is 107 Å². The smallest absolute Gasteiger partial charge is 0.104 e. The Morgan fingerprint density at radius 1 is 0.767 bits per heavy atom. The molecule has 0 amide bonds. The van der Waals surface area contributed by atoms with Gasteiger partial charge in [0.2, 0.25) is 0 Å². The zero-order valence-corrected chi connectivity index (χ0v) is 17.9. The monoisotopic (exact) mass is 411 g/mol. The minimum absolute atomic E-state index is 0.0734. The summed E-state index contributed by atoms with van der Waals surface area (Å²) in [4.78, 5) is 3.95. The fraction of sp³-hybridized carbons (Fsp3) is 0.185. The molecule has 1 aliphatic rings. The summed E-state index contributed by atoms with van der Waals surface area (Å²) in [7, 11) is 1.83. The summed E-state index contributed by atoms with van der Waals surface area (Å²) >= 11 is 1.81. The Hall–Kier alpha value is -2.72. The van der Waals surface area contributed by atoms with Crippen LogP contribution in [0.4, 0.5) is 0 Å². The van der Waals surface area contributed by atoms with Gasteiger partial charge in [0.1, 0.15) is 6.10 Å². The van der Waals surface area contributed by atoms with E-state index in [1.54, 1.807) is 11.3 Å². The number of ether oxygens (including phenoxy) is 1. The van der Waals surface area contributed by atoms with Crippen molar-refractivity contribution in [2.24, 2.45) is 0 Å². The van der Waals surface area contributed by atoms with Gasteiger partial charge >= 0.3 is 0 Å². The van der Waals surface area contributed by atoms with Gasteiger partial charge in [-0.25, -0.2) is 0 Å². The van der Waals surface area contributed by atoms with Gasteiger partial charge in [0, 0.05) is 25.1 Å². The van der Waals surface area contributed by atoms with Crippen LogP contribution in [0.5, 0.6) is 0 Å². The summed E-state index contributed by atoms with van der Waals surface area (Å²) in [5.41, 5.74) is 4.79. The summed E-state index contributed by atoms with van der Waals surface area (Å²) < 4.78 is 5.98. The van der Waals surface area contributed by atoms with Crippen LogP contribution < -0.4 is 0 Å². The van der Waals surface area contributed by atoms with E-state index < -0.39 is 5.54 Å². The summed E-state index contributed by atoms with van der Waals surface area (Å²) in [6.07, 6.45) is 0.0734. The molecule has 5 rings (SSSR count). The third kappa shape index (κ3) is 3.10. The maximum atomic E-state index is 5.98. The second-order valence-electron chi connectivity index (χ2n) is 7.72. The third-order valence-electron chi connectivity index (χ3n) is 6.15. The van der Waals surface area contributed by atoms with Gasteiger partial charge in [0.25, 0.3) is 0 Å². The molecule has 0 radical (unpaired) electrons. The zero-order chi connectivity index (χ0) is 20.4. The quantitative estimate of drug-likeness (QED) is 0.360. The Balaban J connectivity index is 1.79. The van der Waals surface area contributed by atoms with Crippen LogP contribution in [0.2, 0.25) is 0 Å². The standard InChI is InChI=1S/C27H25NOS/c1-29-25-20-28(19-21-17-18-30-26(21)25)27(22-11-5-2-6-12-22,23-13-7-3-8-14-23)24-15-9-4-10-16-24/h2-18,25H,19-20H2,1H3. The molecule has 2 nitrogen and oxygen atoms in total. The molecule has 0 bridgehead atoms. The molecule has 150 valence electrons. The van der Waals surface area contributed by atoms with E-state index in [9.17, 15) is 0 Å². The molecule has 0 aliphatic carbocycles. The lowest BCUT2D eigenvalue weighted by atomic mass is 9.74. The maximum Gasteiger partial charge on any atom is 0.104 e. The highest BCUT2D eigenvalue weighted by Crippen LogP contribution is 2.47. The van der Waals surface area contributed by atoms with Crippen molar-refractivity contribution < 1.29 is 4.74 Å². The van der Waals surface area contributed by atoms with Crippen LogP contribution in [0, 0.1) is 0 Å². The van der Waals surface area contributed by atoms with E-state index in [4.69, 9.17) is 4.74 Å². The Labute approximate surface area is 182 Å². The predicted octanol–water partition coefficient (Wildman–Crippen LogP) is 6.24. The average Bonchev–Trinajstić information content (AvgIpc) is 3.30. The number of hydrogen-bond donors (Lipinski definition) is 0. The maximum absolute atomic E-state index is 5.98. The second kappa shape index (κ2) is 8.19. The van der Waals surface area contributed by atoms with Crippen LogP contribution in [0.1, 0.15) is 33.2 Å². The molecule has 0 saturated carbocycles. The van der Waals surface area contributed by atoms with Crippen LogP contribution >= 0.6 is 11.3 Å². The van der Waals surface area contributed by atoms with Gasteiger partial charge in [0.05, 0.1) is 5.54 Å². The Bertz CT molecular complexity index is 995. The molecule has 1 aromatic heterocycles. The van der Waals surface area contributed by atoms with Gasteiger partial charge in [-0.2, -0.15) is 0 Å². The molecule has 1 aliphatic heterocycles. The molecular formula is C27H25NOS. The highest BCUT2D eigenvalue weighted by molar-refractivity contribution is 7.10. The summed E-state index contributed by atoms with van der Waals surface area (Å²) in [5, 5.41) is 2.19. The molecule has 1 atom stereocenters. The molecule has 0 saturated heterocycles. The van der Waals surface area contributed by atoms with Gasteiger partial charge in [0.15, 0.2) is 0 Å². The first-order valence-corrected chi connectivity index (χ1v) is 11.2. The SMILES string of the molecule is COC1CN(C(c2ccccc2)(c2ccccc2)c2ccccc2)Cc2ccsc21. The molecule has 0 spiro atoms. The number of nitrogens with zero attached hydrogens (tertiary/aromatic N) is 1. The van der Waals surface area contributed by atoms with Crippen LogP contribution in [0.15, 0.2) is 102 Å². The minimum Gasteiger partial charge on any atom is -0.375 e. The van der Waals surface area contributed by atoms with Gasteiger partial charge in [-0.3, -0.25) is 4.90 Å². The number of rotatable bonds is 5. The van der Waals surface area contributed by atoms with Crippen molar-refractivity contribution in [3.8, 4) is 0 Å². The van der Waals surface area contributed by atoms with E-state index in [-0.39, 0.29) is 6.10 Å². The van der Waals surface area contributed by atoms with Crippen LogP contribution in [-0.4, -0.2) is 18.6 Å². The lowest BCUT2D eigenvalue weighted by molar-refractivity contribution is 0.0194. The topological polar surface area (TPSA) is 12.5 Å². The molecule has 0 N–H and O–H groups in total. The molecular weight excluding hydrogens is 386 g/mol. The molecule has 3 heteroatoms. The summed E-state index contributed by atoms with van der Waals surface area (Å²) in [6.45, 7) is 1.72. The molecule has 30 heavy (non-hydrogen) atoms. The van der Waals surface area contributed by atoms with Gasteiger partial charge in [-0.15, -0.1) is 11.3 Å². The van der Waals surface area contributed by atoms with Crippen molar-refractivity contribution >= 4 is 11.3 Å². The minimum atomic E-state index is -0.403. The number of fused-ring (bicyclic) bond motifs is 1. The van der Waals surface area contributed by atoms with Crippen LogP contribution in [0.3, 0.4) is 0 Å². The van der Waals surface area contributed by atoms with E-state index in [1.165, 1.54) is 27.1 Å². The Morgan fingerprint density at radius 3 is 1.73 bits per heavy atom. The first kappa shape index (κ1) is 19.3. The number of hydrogen-bond acceptors (Lipinski definition) is 3. The van der Waals surface area contributed by atoms with Crippen molar-refractivity contribution in [1.29, 1.82) is 0 Å². The first-order valence-electron chi connectivity index (χ1n) is 10.3. The Morgan fingerprint density at radius 2 is 1.27 bits per heavy atom. The van der Waals surface area contributed by atoms with Crippen LogP contribution in [-0.2, 0) is 16.8 Å². The average molecular weight is 412 g/mol. The lowest BCUT2D eigenvalue weighted by Crippen LogP contribution is -2.51. The van der Waals surface area contributed by atoms with Crippen molar-refractivity contribution in [3.05, 3.63) is 130 Å². The first-order chi connectivity index (χ1) is 14.8. The van der Waals surface area contributed by atoms with E-state index in [0.29, 0.717) is 0 Å². The normalized spacial score (nSPS) is 16.9. The molecule has 0 fully saturated rings. The van der Waals surface area contributed by atoms with E-state index in [0.717, 1.165) is 13.1 Å². The van der Waals surface area contributed by atoms with Crippen LogP contribution in [0.25, 0.3) is 0 Å². The zero-order valence-electron chi connectivity index (χ0n) is 17.1. The lowest BCUT2D eigenvalue weighted by Gasteiger charge is -2.48.